The molecule has 1 unspecified atom stereocenters. The molecule has 1 aromatic carbocycles. The predicted octanol–water partition coefficient (Wildman–Crippen LogP) is 5.94. The zero-order valence-electron chi connectivity index (χ0n) is 23.8. The number of aromatic nitrogens is 2. The van der Waals surface area contributed by atoms with Crippen LogP contribution in [0.3, 0.4) is 0 Å². The number of rotatable bonds is 13. The maximum Gasteiger partial charge on any atom is 0.326 e. The first-order valence-electron chi connectivity index (χ1n) is 12.9. The normalized spacial score (nSPS) is 14.8. The van der Waals surface area contributed by atoms with Crippen LogP contribution in [0, 0.1) is 5.92 Å². The fraction of sp³-hybridized carbons (Fsp3) is 0.448. The molecule has 0 aliphatic carbocycles. The lowest BCUT2D eigenvalue weighted by atomic mass is 10.0. The molecule has 0 saturated heterocycles. The summed E-state index contributed by atoms with van der Waals surface area (Å²) in [4.78, 5) is 32.9. The summed E-state index contributed by atoms with van der Waals surface area (Å²) < 4.78 is 11.9. The summed E-state index contributed by atoms with van der Waals surface area (Å²) in [5, 5.41) is 12.6. The standard InChI is InChI=1S/C29H40ClN3O5Si/c1-20(11-13-22-19-31-15-16-32-22)25(38-39(6,7)29(2,3)4)9-8-10-27(34)33-24(28(35)36)18-21-12-14-26(37-5)23(30)17-21/h8,10-17,19-20,24-25H,9,18H2,1-7H3,(H,33,34)(H,35,36)/b10-8+,13-11+/t20-,24?,25+/m1/s1. The summed E-state index contributed by atoms with van der Waals surface area (Å²) in [7, 11) is -0.602. The summed E-state index contributed by atoms with van der Waals surface area (Å²) in [5.41, 5.74) is 1.42. The molecule has 212 valence electrons. The number of ether oxygens (including phenoxy) is 1. The third-order valence-electron chi connectivity index (χ3n) is 6.90. The molecule has 2 aromatic rings. The number of carboxylic acids is 1. The number of carbonyl (C=O) groups excluding carboxylic acids is 1. The Labute approximate surface area is 237 Å². The van der Waals surface area contributed by atoms with Crippen molar-refractivity contribution in [3.05, 3.63) is 71.3 Å². The number of benzene rings is 1. The minimum atomic E-state index is -2.11. The second-order valence-corrected chi connectivity index (χ2v) is 16.1. The summed E-state index contributed by atoms with van der Waals surface area (Å²) >= 11 is 6.16. The minimum absolute atomic E-state index is 0.0136. The van der Waals surface area contributed by atoms with Crippen molar-refractivity contribution in [2.24, 2.45) is 5.92 Å². The number of halogens is 1. The molecule has 0 aliphatic heterocycles. The molecule has 0 radical (unpaired) electrons. The van der Waals surface area contributed by atoms with Crippen LogP contribution in [-0.4, -0.2) is 54.5 Å². The van der Waals surface area contributed by atoms with Crippen LogP contribution in [0.2, 0.25) is 23.2 Å². The van der Waals surface area contributed by atoms with Gasteiger partial charge in [-0.2, -0.15) is 0 Å². The molecule has 0 saturated carbocycles. The van der Waals surface area contributed by atoms with E-state index in [-0.39, 0.29) is 23.5 Å². The number of carboxylic acid groups (broad SMARTS) is 1. The first-order valence-corrected chi connectivity index (χ1v) is 16.2. The van der Waals surface area contributed by atoms with Gasteiger partial charge in [-0.1, -0.05) is 57.5 Å². The zero-order valence-corrected chi connectivity index (χ0v) is 25.5. The minimum Gasteiger partial charge on any atom is -0.495 e. The van der Waals surface area contributed by atoms with Gasteiger partial charge in [-0.05, 0) is 60.3 Å². The highest BCUT2D eigenvalue weighted by atomic mass is 35.5. The lowest BCUT2D eigenvalue weighted by Gasteiger charge is -2.40. The molecular formula is C29H40ClN3O5Si. The fourth-order valence-electron chi connectivity index (χ4n) is 3.50. The maximum absolute atomic E-state index is 12.7. The van der Waals surface area contributed by atoms with Gasteiger partial charge >= 0.3 is 5.97 Å². The van der Waals surface area contributed by atoms with E-state index in [4.69, 9.17) is 20.8 Å². The lowest BCUT2D eigenvalue weighted by molar-refractivity contribution is -0.141. The van der Waals surface area contributed by atoms with Gasteiger partial charge in [-0.3, -0.25) is 14.8 Å². The number of carbonyl (C=O) groups is 2. The van der Waals surface area contributed by atoms with Crippen molar-refractivity contribution in [3.63, 3.8) is 0 Å². The Bertz CT molecular complexity index is 1170. The Morgan fingerprint density at radius 1 is 1.23 bits per heavy atom. The Hall–Kier alpha value is -3.01. The molecule has 0 spiro atoms. The van der Waals surface area contributed by atoms with Crippen molar-refractivity contribution in [1.82, 2.24) is 15.3 Å². The Balaban J connectivity index is 2.11. The molecule has 0 aliphatic rings. The fourth-order valence-corrected chi connectivity index (χ4v) is 5.20. The van der Waals surface area contributed by atoms with Crippen LogP contribution in [0.15, 0.2) is 55.0 Å². The van der Waals surface area contributed by atoms with Crippen molar-refractivity contribution in [1.29, 1.82) is 0 Å². The van der Waals surface area contributed by atoms with Gasteiger partial charge in [0, 0.05) is 18.8 Å². The number of amides is 1. The van der Waals surface area contributed by atoms with Gasteiger partial charge in [0.2, 0.25) is 5.91 Å². The molecule has 1 aromatic heterocycles. The van der Waals surface area contributed by atoms with Gasteiger partial charge in [0.1, 0.15) is 11.8 Å². The summed E-state index contributed by atoms with van der Waals surface area (Å²) in [6.45, 7) is 13.0. The van der Waals surface area contributed by atoms with Crippen molar-refractivity contribution in [2.45, 2.75) is 70.8 Å². The molecule has 2 N–H and O–H groups in total. The van der Waals surface area contributed by atoms with Gasteiger partial charge in [0.05, 0.1) is 30.1 Å². The van der Waals surface area contributed by atoms with E-state index in [0.29, 0.717) is 22.8 Å². The van der Waals surface area contributed by atoms with Gasteiger partial charge in [-0.15, -0.1) is 0 Å². The highest BCUT2D eigenvalue weighted by Gasteiger charge is 2.39. The Morgan fingerprint density at radius 2 is 1.95 bits per heavy atom. The molecule has 0 fully saturated rings. The van der Waals surface area contributed by atoms with E-state index < -0.39 is 26.2 Å². The van der Waals surface area contributed by atoms with Crippen LogP contribution in [0.1, 0.15) is 45.4 Å². The largest absolute Gasteiger partial charge is 0.495 e. The number of hydrogen-bond donors (Lipinski definition) is 2. The topological polar surface area (TPSA) is 111 Å². The summed E-state index contributed by atoms with van der Waals surface area (Å²) in [5.74, 6) is -1.10. The van der Waals surface area contributed by atoms with E-state index >= 15 is 0 Å². The third-order valence-corrected chi connectivity index (χ3v) is 11.7. The van der Waals surface area contributed by atoms with Gasteiger partial charge in [0.25, 0.3) is 0 Å². The second-order valence-electron chi connectivity index (χ2n) is 11.0. The SMILES string of the molecule is COc1ccc(CC(NC(=O)/C=C/C[C@H](O[Si](C)(C)C(C)(C)C)[C@H](C)/C=C/c2cnccn2)C(=O)O)cc1Cl. The van der Waals surface area contributed by atoms with E-state index in [2.05, 4.69) is 56.1 Å². The highest BCUT2D eigenvalue weighted by Crippen LogP contribution is 2.38. The number of nitrogens with zero attached hydrogens (tertiary/aromatic N) is 2. The van der Waals surface area contributed by atoms with Crippen LogP contribution in [0.4, 0.5) is 0 Å². The first kappa shape index (κ1) is 32.2. The molecule has 1 heterocycles. The molecule has 1 amide bonds. The molecule has 10 heteroatoms. The van der Waals surface area contributed by atoms with Crippen molar-refractivity contribution in [2.75, 3.05) is 7.11 Å². The Kier molecular flexibility index (Phi) is 11.9. The van der Waals surface area contributed by atoms with Crippen molar-refractivity contribution < 1.29 is 23.9 Å². The predicted molar refractivity (Wildman–Crippen MR) is 157 cm³/mol. The number of aliphatic carboxylic acids is 1. The lowest BCUT2D eigenvalue weighted by Crippen LogP contribution is -2.45. The molecule has 0 bridgehead atoms. The van der Waals surface area contributed by atoms with E-state index in [1.807, 2.05) is 12.2 Å². The number of methoxy groups -OCH3 is 1. The maximum atomic E-state index is 12.7. The molecule has 2 rings (SSSR count). The number of hydrogen-bond acceptors (Lipinski definition) is 6. The van der Waals surface area contributed by atoms with Crippen LogP contribution < -0.4 is 10.1 Å². The smallest absolute Gasteiger partial charge is 0.326 e. The van der Waals surface area contributed by atoms with Crippen LogP contribution in [0.25, 0.3) is 6.08 Å². The van der Waals surface area contributed by atoms with Crippen molar-refractivity contribution in [3.8, 4) is 5.75 Å². The molecule has 8 nitrogen and oxygen atoms in total. The van der Waals surface area contributed by atoms with Gasteiger partial charge < -0.3 is 19.6 Å². The van der Waals surface area contributed by atoms with E-state index in [1.165, 1.54) is 13.2 Å². The first-order chi connectivity index (χ1) is 18.2. The van der Waals surface area contributed by atoms with E-state index in [9.17, 15) is 14.7 Å². The summed E-state index contributed by atoms with van der Waals surface area (Å²) in [6, 6.07) is 3.92. The quantitative estimate of drug-likeness (QED) is 0.225. The average Bonchev–Trinajstić information content (AvgIpc) is 2.86. The van der Waals surface area contributed by atoms with E-state index in [1.54, 1.807) is 42.9 Å². The zero-order chi connectivity index (χ0) is 29.2. The monoisotopic (exact) mass is 573 g/mol. The summed E-state index contributed by atoms with van der Waals surface area (Å²) in [6.07, 6.45) is 12.4. The molecular weight excluding hydrogens is 534 g/mol. The third kappa shape index (κ3) is 10.2. The van der Waals surface area contributed by atoms with Crippen molar-refractivity contribution >= 4 is 37.9 Å². The van der Waals surface area contributed by atoms with E-state index in [0.717, 1.165) is 5.69 Å². The molecule has 3 atom stereocenters. The van der Waals surface area contributed by atoms with Gasteiger partial charge in [-0.25, -0.2) is 4.79 Å². The van der Waals surface area contributed by atoms with Crippen LogP contribution >= 0.6 is 11.6 Å². The highest BCUT2D eigenvalue weighted by molar-refractivity contribution is 6.74. The molecule has 39 heavy (non-hydrogen) atoms. The Morgan fingerprint density at radius 3 is 2.51 bits per heavy atom. The second kappa shape index (κ2) is 14.4. The van der Waals surface area contributed by atoms with Crippen LogP contribution in [-0.2, 0) is 20.4 Å². The van der Waals surface area contributed by atoms with Gasteiger partial charge in [0.15, 0.2) is 8.32 Å². The number of nitrogens with one attached hydrogen (secondary N) is 1. The average molecular weight is 574 g/mol. The van der Waals surface area contributed by atoms with Crippen LogP contribution in [0.5, 0.6) is 5.75 Å².